The van der Waals surface area contributed by atoms with E-state index in [4.69, 9.17) is 0 Å². The van der Waals surface area contributed by atoms with Crippen LogP contribution in [0.4, 0.5) is 10.1 Å². The van der Waals surface area contributed by atoms with Crippen molar-refractivity contribution in [1.82, 2.24) is 10.2 Å². The third-order valence-electron chi connectivity index (χ3n) is 4.18. The molecule has 1 aromatic carbocycles. The lowest BCUT2D eigenvalue weighted by molar-refractivity contribution is -0.138. The third kappa shape index (κ3) is 4.24. The molecule has 1 N–H and O–H groups in total. The van der Waals surface area contributed by atoms with Crippen molar-refractivity contribution in [2.45, 2.75) is 33.7 Å². The molecule has 0 radical (unpaired) electrons. The summed E-state index contributed by atoms with van der Waals surface area (Å²) < 4.78 is 13.8. The third-order valence-corrected chi connectivity index (χ3v) is 4.18. The van der Waals surface area contributed by atoms with Crippen LogP contribution in [-0.4, -0.2) is 48.9 Å². The SMILES string of the molecule is CC(NC(=O)C(C)(C)C)C(=O)N1CCN(c2ccccc2F)CC1. The maximum Gasteiger partial charge on any atom is 0.244 e. The van der Waals surface area contributed by atoms with Crippen molar-refractivity contribution in [3.8, 4) is 0 Å². The monoisotopic (exact) mass is 335 g/mol. The van der Waals surface area contributed by atoms with E-state index in [9.17, 15) is 14.0 Å². The molecule has 1 unspecified atom stereocenters. The molecule has 6 heteroatoms. The van der Waals surface area contributed by atoms with Gasteiger partial charge in [-0.25, -0.2) is 4.39 Å². The summed E-state index contributed by atoms with van der Waals surface area (Å²) in [7, 11) is 0. The minimum absolute atomic E-state index is 0.0965. The molecule has 0 aliphatic carbocycles. The van der Waals surface area contributed by atoms with Crippen LogP contribution in [0, 0.1) is 11.2 Å². The van der Waals surface area contributed by atoms with Crippen LogP contribution in [0.5, 0.6) is 0 Å². The predicted octanol–water partition coefficient (Wildman–Crippen LogP) is 2.03. The van der Waals surface area contributed by atoms with E-state index in [0.717, 1.165) is 0 Å². The van der Waals surface area contributed by atoms with E-state index in [2.05, 4.69) is 5.32 Å². The van der Waals surface area contributed by atoms with Crippen LogP contribution in [-0.2, 0) is 9.59 Å². The molecular formula is C18H26FN3O2. The number of anilines is 1. The van der Waals surface area contributed by atoms with Crippen LogP contribution < -0.4 is 10.2 Å². The zero-order chi connectivity index (χ0) is 17.9. The molecule has 1 aliphatic heterocycles. The second-order valence-electron chi connectivity index (χ2n) is 7.21. The summed E-state index contributed by atoms with van der Waals surface area (Å²) in [5.74, 6) is -0.489. The van der Waals surface area contributed by atoms with Crippen LogP contribution in [0.2, 0.25) is 0 Å². The molecule has 1 aromatic rings. The number of rotatable bonds is 3. The van der Waals surface area contributed by atoms with Crippen LogP contribution in [0.25, 0.3) is 0 Å². The van der Waals surface area contributed by atoms with Gasteiger partial charge in [-0.15, -0.1) is 0 Å². The van der Waals surface area contributed by atoms with E-state index in [0.29, 0.717) is 31.9 Å². The number of piperazine rings is 1. The van der Waals surface area contributed by atoms with Crippen molar-refractivity contribution in [1.29, 1.82) is 0 Å². The molecule has 1 heterocycles. The molecule has 132 valence electrons. The standard InChI is InChI=1S/C18H26FN3O2/c1-13(20-17(24)18(2,3)4)16(23)22-11-9-21(10-12-22)15-8-6-5-7-14(15)19/h5-8,13H,9-12H2,1-4H3,(H,20,24). The first-order valence-electron chi connectivity index (χ1n) is 8.29. The Kier molecular flexibility index (Phi) is 5.47. The first-order chi connectivity index (χ1) is 11.2. The van der Waals surface area contributed by atoms with E-state index in [1.54, 1.807) is 30.0 Å². The number of amides is 2. The Balaban J connectivity index is 1.91. The van der Waals surface area contributed by atoms with E-state index in [1.165, 1.54) is 6.07 Å². The zero-order valence-electron chi connectivity index (χ0n) is 14.8. The number of carbonyl (C=O) groups is 2. The molecule has 0 spiro atoms. The average molecular weight is 335 g/mol. The van der Waals surface area contributed by atoms with Crippen LogP contribution in [0.15, 0.2) is 24.3 Å². The lowest BCUT2D eigenvalue weighted by Gasteiger charge is -2.37. The molecule has 1 fully saturated rings. The molecule has 1 aliphatic rings. The van der Waals surface area contributed by atoms with Gasteiger partial charge in [0.25, 0.3) is 0 Å². The fraction of sp³-hybridized carbons (Fsp3) is 0.556. The van der Waals surface area contributed by atoms with Gasteiger partial charge in [0, 0.05) is 31.6 Å². The highest BCUT2D eigenvalue weighted by molar-refractivity contribution is 5.89. The van der Waals surface area contributed by atoms with Gasteiger partial charge in [-0.2, -0.15) is 0 Å². The highest BCUT2D eigenvalue weighted by atomic mass is 19.1. The normalized spacial score (nSPS) is 16.7. The summed E-state index contributed by atoms with van der Waals surface area (Å²) in [5, 5.41) is 2.77. The first kappa shape index (κ1) is 18.2. The smallest absolute Gasteiger partial charge is 0.244 e. The topological polar surface area (TPSA) is 52.7 Å². The maximum absolute atomic E-state index is 13.8. The number of nitrogens with one attached hydrogen (secondary N) is 1. The van der Waals surface area contributed by atoms with Gasteiger partial charge >= 0.3 is 0 Å². The molecule has 0 bridgehead atoms. The van der Waals surface area contributed by atoms with Gasteiger partial charge in [-0.1, -0.05) is 32.9 Å². The maximum atomic E-state index is 13.8. The average Bonchev–Trinajstić information content (AvgIpc) is 2.54. The quantitative estimate of drug-likeness (QED) is 0.919. The lowest BCUT2D eigenvalue weighted by atomic mass is 9.95. The number of nitrogens with zero attached hydrogens (tertiary/aromatic N) is 2. The molecule has 0 saturated carbocycles. The molecular weight excluding hydrogens is 309 g/mol. The summed E-state index contributed by atoms with van der Waals surface area (Å²) in [5.41, 5.74) is 0.0385. The van der Waals surface area contributed by atoms with Gasteiger partial charge < -0.3 is 15.1 Å². The second-order valence-corrected chi connectivity index (χ2v) is 7.21. The molecule has 0 aromatic heterocycles. The number of benzene rings is 1. The number of hydrogen-bond acceptors (Lipinski definition) is 3. The number of halogens is 1. The number of carbonyl (C=O) groups excluding carboxylic acids is 2. The second kappa shape index (κ2) is 7.20. The molecule has 1 atom stereocenters. The van der Waals surface area contributed by atoms with E-state index in [1.807, 2.05) is 25.7 Å². The summed E-state index contributed by atoms with van der Waals surface area (Å²) >= 11 is 0. The Labute approximate surface area is 142 Å². The molecule has 5 nitrogen and oxygen atoms in total. The minimum atomic E-state index is -0.559. The van der Waals surface area contributed by atoms with Gasteiger partial charge in [-0.05, 0) is 19.1 Å². The summed E-state index contributed by atoms with van der Waals surface area (Å²) in [6, 6.07) is 6.10. The lowest BCUT2D eigenvalue weighted by Crippen LogP contribution is -2.55. The summed E-state index contributed by atoms with van der Waals surface area (Å²) in [6.07, 6.45) is 0. The van der Waals surface area contributed by atoms with Gasteiger partial charge in [0.15, 0.2) is 0 Å². The fourth-order valence-corrected chi connectivity index (χ4v) is 2.62. The van der Waals surface area contributed by atoms with Crippen molar-refractivity contribution in [3.63, 3.8) is 0 Å². The van der Waals surface area contributed by atoms with Crippen molar-refractivity contribution >= 4 is 17.5 Å². The highest BCUT2D eigenvalue weighted by Gasteiger charge is 2.29. The van der Waals surface area contributed by atoms with E-state index < -0.39 is 11.5 Å². The largest absolute Gasteiger partial charge is 0.366 e. The van der Waals surface area contributed by atoms with Crippen molar-refractivity contribution in [2.24, 2.45) is 5.41 Å². The van der Waals surface area contributed by atoms with Crippen molar-refractivity contribution < 1.29 is 14.0 Å². The predicted molar refractivity (Wildman–Crippen MR) is 92.3 cm³/mol. The summed E-state index contributed by atoms with van der Waals surface area (Å²) in [6.45, 7) is 9.33. The van der Waals surface area contributed by atoms with Crippen LogP contribution >= 0.6 is 0 Å². The minimum Gasteiger partial charge on any atom is -0.366 e. The number of hydrogen-bond donors (Lipinski definition) is 1. The fourth-order valence-electron chi connectivity index (χ4n) is 2.62. The Morgan fingerprint density at radius 3 is 2.25 bits per heavy atom. The first-order valence-corrected chi connectivity index (χ1v) is 8.29. The van der Waals surface area contributed by atoms with Gasteiger partial charge in [-0.3, -0.25) is 9.59 Å². The molecule has 2 amide bonds. The molecule has 24 heavy (non-hydrogen) atoms. The van der Waals surface area contributed by atoms with Crippen LogP contribution in [0.1, 0.15) is 27.7 Å². The van der Waals surface area contributed by atoms with E-state index in [-0.39, 0.29) is 17.6 Å². The van der Waals surface area contributed by atoms with Gasteiger partial charge in [0.05, 0.1) is 5.69 Å². The Bertz CT molecular complexity index is 605. The van der Waals surface area contributed by atoms with Crippen LogP contribution in [0.3, 0.4) is 0 Å². The summed E-state index contributed by atoms with van der Waals surface area (Å²) in [4.78, 5) is 28.2. The molecule has 1 saturated heterocycles. The highest BCUT2D eigenvalue weighted by Crippen LogP contribution is 2.20. The Morgan fingerprint density at radius 2 is 1.71 bits per heavy atom. The van der Waals surface area contributed by atoms with Crippen molar-refractivity contribution in [2.75, 3.05) is 31.1 Å². The Hall–Kier alpha value is -2.11. The van der Waals surface area contributed by atoms with Gasteiger partial charge in [0.1, 0.15) is 11.9 Å². The molecule has 2 rings (SSSR count). The van der Waals surface area contributed by atoms with Gasteiger partial charge in [0.2, 0.25) is 11.8 Å². The Morgan fingerprint density at radius 1 is 1.12 bits per heavy atom. The number of para-hydroxylation sites is 1. The van der Waals surface area contributed by atoms with Crippen molar-refractivity contribution in [3.05, 3.63) is 30.1 Å². The van der Waals surface area contributed by atoms with E-state index >= 15 is 0 Å². The zero-order valence-corrected chi connectivity index (χ0v) is 14.8.